The Labute approximate surface area is 200 Å². The fourth-order valence-corrected chi connectivity index (χ4v) is 4.23. The third kappa shape index (κ3) is 6.16. The smallest absolute Gasteiger partial charge is 0.321 e. The van der Waals surface area contributed by atoms with Crippen LogP contribution in [0.3, 0.4) is 0 Å². The van der Waals surface area contributed by atoms with Crippen molar-refractivity contribution in [3.05, 3.63) is 84.4 Å². The lowest BCUT2D eigenvalue weighted by atomic mass is 9.97. The molecule has 34 heavy (non-hydrogen) atoms. The fourth-order valence-electron chi connectivity index (χ4n) is 4.23. The fraction of sp³-hybridized carbons (Fsp3) is 0.286. The number of piperidine rings is 1. The molecule has 1 saturated heterocycles. The summed E-state index contributed by atoms with van der Waals surface area (Å²) in [6.45, 7) is 1.98. The number of para-hydroxylation sites is 2. The van der Waals surface area contributed by atoms with Crippen LogP contribution in [0.15, 0.2) is 78.9 Å². The number of anilines is 1. The van der Waals surface area contributed by atoms with Crippen LogP contribution in [0.25, 0.3) is 11.1 Å². The lowest BCUT2D eigenvalue weighted by Gasteiger charge is -2.32. The number of hydrogen-bond acceptors (Lipinski definition) is 3. The van der Waals surface area contributed by atoms with Crippen molar-refractivity contribution >= 4 is 17.6 Å². The van der Waals surface area contributed by atoms with E-state index >= 15 is 0 Å². The van der Waals surface area contributed by atoms with Gasteiger partial charge in [0.05, 0.1) is 19.2 Å². The first-order valence-electron chi connectivity index (χ1n) is 11.7. The number of carbonyl (C=O) groups excluding carboxylic acids is 2. The van der Waals surface area contributed by atoms with E-state index < -0.39 is 0 Å². The van der Waals surface area contributed by atoms with Gasteiger partial charge in [0.2, 0.25) is 5.91 Å². The molecule has 3 aromatic carbocycles. The number of likely N-dealkylation sites (tertiary alicyclic amines) is 1. The first-order chi connectivity index (χ1) is 16.6. The highest BCUT2D eigenvalue weighted by Crippen LogP contribution is 2.24. The number of methoxy groups -OCH3 is 1. The first-order valence-corrected chi connectivity index (χ1v) is 11.7. The number of ether oxygens (including phenoxy) is 1. The van der Waals surface area contributed by atoms with Crippen LogP contribution in [0.1, 0.15) is 18.4 Å². The Morgan fingerprint density at radius 2 is 1.53 bits per heavy atom. The summed E-state index contributed by atoms with van der Waals surface area (Å²) in [6, 6.07) is 25.6. The third-order valence-electron chi connectivity index (χ3n) is 6.26. The summed E-state index contributed by atoms with van der Waals surface area (Å²) in [4.78, 5) is 26.9. The number of urea groups is 1. The maximum Gasteiger partial charge on any atom is 0.321 e. The van der Waals surface area contributed by atoms with Gasteiger partial charge in [-0.1, -0.05) is 66.7 Å². The molecule has 6 heteroatoms. The van der Waals surface area contributed by atoms with Gasteiger partial charge in [-0.05, 0) is 47.6 Å². The molecule has 0 bridgehead atoms. The lowest BCUT2D eigenvalue weighted by molar-refractivity contribution is -0.120. The maximum absolute atomic E-state index is 12.6. The van der Waals surface area contributed by atoms with Crippen molar-refractivity contribution in [2.75, 3.05) is 32.1 Å². The van der Waals surface area contributed by atoms with Crippen LogP contribution in [0.4, 0.5) is 10.5 Å². The molecule has 176 valence electrons. The largest absolute Gasteiger partial charge is 0.495 e. The molecular formula is C28H31N3O3. The van der Waals surface area contributed by atoms with E-state index in [-0.39, 0.29) is 11.9 Å². The van der Waals surface area contributed by atoms with E-state index in [4.69, 9.17) is 4.74 Å². The molecule has 3 aromatic rings. The average molecular weight is 458 g/mol. The Balaban J connectivity index is 1.19. The van der Waals surface area contributed by atoms with Crippen LogP contribution in [0.5, 0.6) is 5.75 Å². The van der Waals surface area contributed by atoms with Crippen LogP contribution < -0.4 is 15.4 Å². The first kappa shape index (κ1) is 23.4. The van der Waals surface area contributed by atoms with Gasteiger partial charge >= 0.3 is 6.03 Å². The van der Waals surface area contributed by atoms with Crippen LogP contribution >= 0.6 is 0 Å². The second kappa shape index (κ2) is 11.4. The van der Waals surface area contributed by atoms with Gasteiger partial charge in [0.15, 0.2) is 0 Å². The molecule has 3 amide bonds. The van der Waals surface area contributed by atoms with Crippen molar-refractivity contribution in [1.82, 2.24) is 10.2 Å². The summed E-state index contributed by atoms with van der Waals surface area (Å²) in [5.41, 5.74) is 3.98. The summed E-state index contributed by atoms with van der Waals surface area (Å²) in [6.07, 6.45) is 2.10. The van der Waals surface area contributed by atoms with E-state index in [1.54, 1.807) is 7.11 Å². The second-order valence-corrected chi connectivity index (χ2v) is 8.60. The van der Waals surface area contributed by atoms with Crippen LogP contribution in [-0.4, -0.2) is 43.6 Å². The van der Waals surface area contributed by atoms with Gasteiger partial charge in [0, 0.05) is 19.6 Å². The SMILES string of the molecule is COc1ccccc1NC(=O)N1CCC(CNC(=O)Cc2ccc(-c3ccccc3)cc2)CC1. The van der Waals surface area contributed by atoms with E-state index in [1.165, 1.54) is 5.56 Å². The molecule has 1 aliphatic heterocycles. The maximum atomic E-state index is 12.6. The predicted molar refractivity (Wildman–Crippen MR) is 135 cm³/mol. The summed E-state index contributed by atoms with van der Waals surface area (Å²) in [5.74, 6) is 1.05. The van der Waals surface area contributed by atoms with Crippen molar-refractivity contribution in [3.8, 4) is 16.9 Å². The normalized spacial score (nSPS) is 13.9. The quantitative estimate of drug-likeness (QED) is 0.527. The lowest BCUT2D eigenvalue weighted by Crippen LogP contribution is -2.43. The van der Waals surface area contributed by atoms with Crippen molar-refractivity contribution in [2.45, 2.75) is 19.3 Å². The molecule has 0 unspecified atom stereocenters. The van der Waals surface area contributed by atoms with E-state index in [2.05, 4.69) is 34.9 Å². The van der Waals surface area contributed by atoms with Crippen LogP contribution in [-0.2, 0) is 11.2 Å². The Hall–Kier alpha value is -3.80. The number of nitrogens with zero attached hydrogens (tertiary/aromatic N) is 1. The van der Waals surface area contributed by atoms with E-state index in [0.29, 0.717) is 43.4 Å². The summed E-state index contributed by atoms with van der Waals surface area (Å²) < 4.78 is 5.30. The van der Waals surface area contributed by atoms with Gasteiger partial charge in [0.1, 0.15) is 5.75 Å². The highest BCUT2D eigenvalue weighted by molar-refractivity contribution is 5.91. The number of nitrogens with one attached hydrogen (secondary N) is 2. The standard InChI is InChI=1S/C28H31N3O3/c1-34-26-10-6-5-9-25(26)30-28(33)31-17-15-22(16-18-31)20-29-27(32)19-21-11-13-24(14-12-21)23-7-3-2-4-8-23/h2-14,22H,15-20H2,1H3,(H,29,32)(H,30,33). The van der Waals surface area contributed by atoms with Gasteiger partial charge in [0.25, 0.3) is 0 Å². The summed E-state index contributed by atoms with van der Waals surface area (Å²) in [7, 11) is 1.59. The number of carbonyl (C=O) groups is 2. The summed E-state index contributed by atoms with van der Waals surface area (Å²) in [5, 5.41) is 6.00. The molecule has 0 aromatic heterocycles. The van der Waals surface area contributed by atoms with Crippen LogP contribution in [0, 0.1) is 5.92 Å². The average Bonchev–Trinajstić information content (AvgIpc) is 2.89. The Bertz CT molecular complexity index is 1090. The number of benzene rings is 3. The van der Waals surface area contributed by atoms with Crippen molar-refractivity contribution in [1.29, 1.82) is 0 Å². The molecule has 0 saturated carbocycles. The number of hydrogen-bond donors (Lipinski definition) is 2. The van der Waals surface area contributed by atoms with E-state index in [0.717, 1.165) is 24.0 Å². The topological polar surface area (TPSA) is 70.7 Å². The zero-order valence-electron chi connectivity index (χ0n) is 19.5. The number of rotatable bonds is 7. The number of amides is 3. The molecular weight excluding hydrogens is 426 g/mol. The van der Waals surface area contributed by atoms with Gasteiger partial charge in [-0.25, -0.2) is 4.79 Å². The van der Waals surface area contributed by atoms with Gasteiger partial charge < -0.3 is 20.3 Å². The van der Waals surface area contributed by atoms with Gasteiger partial charge in [-0.3, -0.25) is 4.79 Å². The molecule has 1 heterocycles. The van der Waals surface area contributed by atoms with Gasteiger partial charge in [-0.2, -0.15) is 0 Å². The highest BCUT2D eigenvalue weighted by Gasteiger charge is 2.23. The molecule has 0 spiro atoms. The monoisotopic (exact) mass is 457 g/mol. The Kier molecular flexibility index (Phi) is 7.81. The Morgan fingerprint density at radius 1 is 0.882 bits per heavy atom. The zero-order valence-corrected chi connectivity index (χ0v) is 19.5. The van der Waals surface area contributed by atoms with Gasteiger partial charge in [-0.15, -0.1) is 0 Å². The summed E-state index contributed by atoms with van der Waals surface area (Å²) >= 11 is 0. The molecule has 1 aliphatic rings. The predicted octanol–water partition coefficient (Wildman–Crippen LogP) is 4.97. The second-order valence-electron chi connectivity index (χ2n) is 8.60. The van der Waals surface area contributed by atoms with Crippen molar-refractivity contribution < 1.29 is 14.3 Å². The molecule has 2 N–H and O–H groups in total. The highest BCUT2D eigenvalue weighted by atomic mass is 16.5. The minimum absolute atomic E-state index is 0.0313. The molecule has 0 atom stereocenters. The molecule has 0 radical (unpaired) electrons. The molecule has 4 rings (SSSR count). The minimum Gasteiger partial charge on any atom is -0.495 e. The molecule has 0 aliphatic carbocycles. The molecule has 1 fully saturated rings. The molecule has 6 nitrogen and oxygen atoms in total. The third-order valence-corrected chi connectivity index (χ3v) is 6.26. The Morgan fingerprint density at radius 3 is 2.24 bits per heavy atom. The van der Waals surface area contributed by atoms with E-state index in [1.807, 2.05) is 59.5 Å². The minimum atomic E-state index is -0.120. The van der Waals surface area contributed by atoms with Crippen molar-refractivity contribution in [3.63, 3.8) is 0 Å². The van der Waals surface area contributed by atoms with E-state index in [9.17, 15) is 9.59 Å². The van der Waals surface area contributed by atoms with Crippen LogP contribution in [0.2, 0.25) is 0 Å². The van der Waals surface area contributed by atoms with Crippen molar-refractivity contribution in [2.24, 2.45) is 5.92 Å². The zero-order chi connectivity index (χ0) is 23.8.